The molecule has 0 aliphatic rings. The second kappa shape index (κ2) is 5.40. The van der Waals surface area contributed by atoms with E-state index in [1.165, 1.54) is 11.3 Å². The molecule has 0 aliphatic heterocycles. The van der Waals surface area contributed by atoms with Crippen LogP contribution in [0.5, 0.6) is 0 Å². The zero-order chi connectivity index (χ0) is 15.8. The van der Waals surface area contributed by atoms with Gasteiger partial charge in [0.2, 0.25) is 0 Å². The van der Waals surface area contributed by atoms with Crippen LogP contribution < -0.4 is 4.57 Å². The molecule has 1 aromatic rings. The van der Waals surface area contributed by atoms with Gasteiger partial charge in [0, 0.05) is 5.69 Å². The minimum absolute atomic E-state index is 0.286. The third-order valence-corrected chi connectivity index (χ3v) is 12.5. The Hall–Kier alpha value is -1.02. The molecule has 20 heavy (non-hydrogen) atoms. The Bertz CT molecular complexity index is 463. The van der Waals surface area contributed by atoms with Crippen molar-refractivity contribution in [1.29, 1.82) is 0 Å². The van der Waals surface area contributed by atoms with Crippen molar-refractivity contribution in [2.75, 3.05) is 11.6 Å². The number of anilines is 1. The van der Waals surface area contributed by atoms with E-state index in [0.717, 1.165) is 0 Å². The fraction of sp³-hybridized carbons (Fsp3) is 0.556. The van der Waals surface area contributed by atoms with Gasteiger partial charge in [0.25, 0.3) is 0 Å². The maximum atomic E-state index is 3.97. The zero-order valence-corrected chi connectivity index (χ0v) is 15.5. The van der Waals surface area contributed by atoms with E-state index in [0.29, 0.717) is 0 Å². The fourth-order valence-electron chi connectivity index (χ4n) is 3.34. The molecule has 1 rings (SSSR count). The maximum absolute atomic E-state index is 3.97. The van der Waals surface area contributed by atoms with E-state index in [1.54, 1.807) is 0 Å². The Morgan fingerprint density at radius 1 is 1.00 bits per heavy atom. The Morgan fingerprint density at radius 3 is 1.85 bits per heavy atom. The van der Waals surface area contributed by atoms with E-state index in [9.17, 15) is 0 Å². The second-order valence-corrected chi connectivity index (χ2v) is 13.7. The first-order valence-corrected chi connectivity index (χ1v) is 9.87. The monoisotopic (exact) mass is 289 g/mol. The summed E-state index contributed by atoms with van der Waals surface area (Å²) in [7, 11) is 0.510. The standard InChI is InChI=1S/C18H31NSi/c1-10-15-13-11-12-14-16(15)19(8)20(9,17(2,3)4)18(5,6)7/h10-14H,1H2,2-9H3. The quantitative estimate of drug-likeness (QED) is 0.622. The highest BCUT2D eigenvalue weighted by Crippen LogP contribution is 2.53. The lowest BCUT2D eigenvalue weighted by Gasteiger charge is -2.55. The summed E-state index contributed by atoms with van der Waals surface area (Å²) in [4.78, 5) is 0. The third-order valence-electron chi connectivity index (χ3n) is 5.11. The van der Waals surface area contributed by atoms with Gasteiger partial charge in [-0.3, -0.25) is 0 Å². The molecular formula is C18H31NSi. The van der Waals surface area contributed by atoms with Gasteiger partial charge in [-0.25, -0.2) is 0 Å². The van der Waals surface area contributed by atoms with Crippen LogP contribution in [0.2, 0.25) is 16.6 Å². The Labute approximate surface area is 126 Å². The van der Waals surface area contributed by atoms with E-state index in [4.69, 9.17) is 0 Å². The van der Waals surface area contributed by atoms with Gasteiger partial charge in [-0.15, -0.1) is 0 Å². The lowest BCUT2D eigenvalue weighted by molar-refractivity contribution is 0.608. The van der Waals surface area contributed by atoms with Crippen molar-refractivity contribution in [3.63, 3.8) is 0 Å². The maximum Gasteiger partial charge on any atom is 0.163 e. The van der Waals surface area contributed by atoms with Crippen molar-refractivity contribution in [3.05, 3.63) is 36.4 Å². The molecule has 0 N–H and O–H groups in total. The Kier molecular flexibility index (Phi) is 4.60. The van der Waals surface area contributed by atoms with Crippen LogP contribution in [0, 0.1) is 0 Å². The summed E-state index contributed by atoms with van der Waals surface area (Å²) in [5, 5.41) is 0.572. The Morgan fingerprint density at radius 2 is 1.45 bits per heavy atom. The summed E-state index contributed by atoms with van der Waals surface area (Å²) >= 11 is 0. The molecule has 112 valence electrons. The van der Waals surface area contributed by atoms with Crippen molar-refractivity contribution in [1.82, 2.24) is 0 Å². The van der Waals surface area contributed by atoms with E-state index in [2.05, 4.69) is 90.5 Å². The number of nitrogens with zero attached hydrogens (tertiary/aromatic N) is 1. The zero-order valence-electron chi connectivity index (χ0n) is 14.5. The van der Waals surface area contributed by atoms with Crippen molar-refractivity contribution < 1.29 is 0 Å². The van der Waals surface area contributed by atoms with E-state index < -0.39 is 8.24 Å². The number of hydrogen-bond donors (Lipinski definition) is 0. The van der Waals surface area contributed by atoms with Crippen molar-refractivity contribution in [2.24, 2.45) is 0 Å². The van der Waals surface area contributed by atoms with Gasteiger partial charge in [-0.05, 0) is 28.8 Å². The number of benzene rings is 1. The molecule has 0 amide bonds. The first kappa shape index (κ1) is 17.0. The van der Waals surface area contributed by atoms with Crippen LogP contribution in [-0.4, -0.2) is 15.3 Å². The predicted octanol–water partition coefficient (Wildman–Crippen LogP) is 5.94. The van der Waals surface area contributed by atoms with Crippen LogP contribution in [0.3, 0.4) is 0 Å². The molecule has 0 unspecified atom stereocenters. The lowest BCUT2D eigenvalue weighted by atomic mass is 10.2. The first-order chi connectivity index (χ1) is 8.96. The number of para-hydroxylation sites is 1. The molecule has 0 heterocycles. The highest BCUT2D eigenvalue weighted by atomic mass is 28.3. The van der Waals surface area contributed by atoms with Crippen LogP contribution in [-0.2, 0) is 0 Å². The predicted molar refractivity (Wildman–Crippen MR) is 96.0 cm³/mol. The molecule has 0 spiro atoms. The van der Waals surface area contributed by atoms with Gasteiger partial charge in [0.1, 0.15) is 0 Å². The van der Waals surface area contributed by atoms with Crippen LogP contribution in [0.25, 0.3) is 6.08 Å². The summed E-state index contributed by atoms with van der Waals surface area (Å²) in [5.74, 6) is 0. The summed E-state index contributed by atoms with van der Waals surface area (Å²) in [5.41, 5.74) is 2.53. The van der Waals surface area contributed by atoms with Crippen LogP contribution in [0.4, 0.5) is 5.69 Å². The van der Waals surface area contributed by atoms with Gasteiger partial charge < -0.3 is 4.57 Å². The van der Waals surface area contributed by atoms with Crippen molar-refractivity contribution in [3.8, 4) is 0 Å². The van der Waals surface area contributed by atoms with Crippen LogP contribution >= 0.6 is 0 Å². The first-order valence-electron chi connectivity index (χ1n) is 7.42. The molecule has 2 heteroatoms. The molecule has 0 bridgehead atoms. The summed E-state index contributed by atoms with van der Waals surface area (Å²) in [6, 6.07) is 8.58. The van der Waals surface area contributed by atoms with Gasteiger partial charge in [0.15, 0.2) is 8.24 Å². The Balaban J connectivity index is 3.47. The summed E-state index contributed by atoms with van der Waals surface area (Å²) in [6.07, 6.45) is 1.96. The topological polar surface area (TPSA) is 3.24 Å². The van der Waals surface area contributed by atoms with E-state index in [-0.39, 0.29) is 10.1 Å². The SMILES string of the molecule is C=Cc1ccccc1N(C)[Si](C)(C(C)(C)C)C(C)(C)C. The smallest absolute Gasteiger partial charge is 0.163 e. The van der Waals surface area contributed by atoms with Crippen LogP contribution in [0.15, 0.2) is 30.8 Å². The molecule has 1 aromatic carbocycles. The number of hydrogen-bond acceptors (Lipinski definition) is 1. The highest BCUT2D eigenvalue weighted by Gasteiger charge is 2.52. The number of rotatable bonds is 3. The molecule has 0 saturated carbocycles. The lowest BCUT2D eigenvalue weighted by Crippen LogP contribution is -2.62. The molecule has 0 fully saturated rings. The molecule has 1 nitrogen and oxygen atoms in total. The summed E-state index contributed by atoms with van der Waals surface area (Å²) in [6.45, 7) is 20.8. The van der Waals surface area contributed by atoms with Gasteiger partial charge >= 0.3 is 0 Å². The molecular weight excluding hydrogens is 258 g/mol. The third kappa shape index (κ3) is 2.71. The average Bonchev–Trinajstić information content (AvgIpc) is 2.34. The normalized spacial score (nSPS) is 13.2. The van der Waals surface area contributed by atoms with Gasteiger partial charge in [-0.2, -0.15) is 0 Å². The van der Waals surface area contributed by atoms with Crippen molar-refractivity contribution >= 4 is 20.0 Å². The van der Waals surface area contributed by atoms with E-state index in [1.807, 2.05) is 6.08 Å². The fourth-order valence-corrected chi connectivity index (χ4v) is 8.29. The molecule has 0 saturated heterocycles. The van der Waals surface area contributed by atoms with E-state index >= 15 is 0 Å². The molecule has 0 aliphatic carbocycles. The molecule has 0 aromatic heterocycles. The second-order valence-electron chi connectivity index (χ2n) is 7.89. The minimum atomic E-state index is -1.76. The highest BCUT2D eigenvalue weighted by molar-refractivity contribution is 6.87. The molecule has 0 radical (unpaired) electrons. The van der Waals surface area contributed by atoms with Crippen molar-refractivity contribution in [2.45, 2.75) is 58.2 Å². The summed E-state index contributed by atoms with van der Waals surface area (Å²) < 4.78 is 2.57. The average molecular weight is 290 g/mol. The largest absolute Gasteiger partial charge is 0.399 e. The van der Waals surface area contributed by atoms with Crippen LogP contribution in [0.1, 0.15) is 47.1 Å². The molecule has 0 atom stereocenters. The van der Waals surface area contributed by atoms with Gasteiger partial charge in [0.05, 0.1) is 0 Å². The van der Waals surface area contributed by atoms with Gasteiger partial charge in [-0.1, -0.05) is 78.9 Å². The minimum Gasteiger partial charge on any atom is -0.399 e.